The number of hydrogen-bond donors (Lipinski definition) is 2. The van der Waals surface area contributed by atoms with Gasteiger partial charge in [-0.2, -0.15) is 0 Å². The molecule has 3 fully saturated rings. The van der Waals surface area contributed by atoms with Gasteiger partial charge >= 0.3 is 0 Å². The van der Waals surface area contributed by atoms with Crippen LogP contribution in [0.15, 0.2) is 30.3 Å². The molecule has 0 aromatic heterocycles. The molecule has 1 spiro atoms. The molecule has 1 saturated carbocycles. The molecule has 2 saturated heterocycles. The predicted molar refractivity (Wildman–Crippen MR) is 97.0 cm³/mol. The molecule has 5 heteroatoms. The van der Waals surface area contributed by atoms with Gasteiger partial charge in [-0.15, -0.1) is 0 Å². The number of amides is 2. The zero-order valence-corrected chi connectivity index (χ0v) is 14.7. The predicted octanol–water partition coefficient (Wildman–Crippen LogP) is 2.25. The fourth-order valence-corrected chi connectivity index (χ4v) is 4.55. The van der Waals surface area contributed by atoms with Crippen LogP contribution in [0.2, 0.25) is 0 Å². The minimum absolute atomic E-state index is 0.0380. The summed E-state index contributed by atoms with van der Waals surface area (Å²) in [5.74, 6) is 0.432. The molecule has 0 radical (unpaired) electrons. The quantitative estimate of drug-likeness (QED) is 0.886. The summed E-state index contributed by atoms with van der Waals surface area (Å²) in [6.07, 6.45) is 5.07. The fourth-order valence-electron chi connectivity index (χ4n) is 4.55. The van der Waals surface area contributed by atoms with Gasteiger partial charge in [0, 0.05) is 24.7 Å². The number of benzene rings is 1. The first kappa shape index (κ1) is 16.6. The monoisotopic (exact) mass is 341 g/mol. The number of para-hydroxylation sites is 1. The highest BCUT2D eigenvalue weighted by molar-refractivity contribution is 5.93. The first-order chi connectivity index (χ1) is 12.2. The molecule has 0 bridgehead atoms. The highest BCUT2D eigenvalue weighted by Crippen LogP contribution is 2.59. The molecule has 1 aliphatic carbocycles. The zero-order valence-electron chi connectivity index (χ0n) is 14.7. The van der Waals surface area contributed by atoms with Crippen molar-refractivity contribution in [3.8, 4) is 0 Å². The van der Waals surface area contributed by atoms with Crippen molar-refractivity contribution in [1.29, 1.82) is 0 Å². The number of piperidine rings is 2. The Balaban J connectivity index is 1.35. The maximum absolute atomic E-state index is 12.9. The number of likely N-dealkylation sites (tertiary alicyclic amines) is 1. The highest BCUT2D eigenvalue weighted by atomic mass is 16.2. The van der Waals surface area contributed by atoms with Crippen molar-refractivity contribution in [2.24, 2.45) is 17.3 Å². The van der Waals surface area contributed by atoms with E-state index in [1.54, 1.807) is 0 Å². The molecule has 1 aromatic carbocycles. The third kappa shape index (κ3) is 3.43. The van der Waals surface area contributed by atoms with Crippen LogP contribution < -0.4 is 10.6 Å². The van der Waals surface area contributed by atoms with E-state index in [0.717, 1.165) is 57.4 Å². The van der Waals surface area contributed by atoms with Crippen molar-refractivity contribution in [3.05, 3.63) is 30.3 Å². The first-order valence-electron chi connectivity index (χ1n) is 9.53. The first-order valence-corrected chi connectivity index (χ1v) is 9.53. The molecule has 2 aliphatic heterocycles. The number of nitrogens with one attached hydrogen (secondary N) is 2. The second-order valence-corrected chi connectivity index (χ2v) is 7.85. The third-order valence-electron chi connectivity index (χ3n) is 6.23. The van der Waals surface area contributed by atoms with Crippen LogP contribution in [0.4, 0.5) is 5.69 Å². The molecule has 25 heavy (non-hydrogen) atoms. The van der Waals surface area contributed by atoms with E-state index in [1.807, 2.05) is 35.2 Å². The van der Waals surface area contributed by atoms with Crippen LogP contribution in [0.5, 0.6) is 0 Å². The molecule has 2 heterocycles. The Morgan fingerprint density at radius 1 is 1.16 bits per heavy atom. The summed E-state index contributed by atoms with van der Waals surface area (Å²) in [6.45, 7) is 3.44. The van der Waals surface area contributed by atoms with Crippen LogP contribution in [-0.2, 0) is 9.59 Å². The fraction of sp³-hybridized carbons (Fsp3) is 0.600. The SMILES string of the molecule is O=C(Nc1ccccc1)C1CCCN(C(=O)C2CC23CCNCC3)C1. The Bertz CT molecular complexity index is 640. The van der Waals surface area contributed by atoms with Gasteiger partial charge in [0.15, 0.2) is 0 Å². The van der Waals surface area contributed by atoms with E-state index in [2.05, 4.69) is 10.6 Å². The lowest BCUT2D eigenvalue weighted by molar-refractivity contribution is -0.136. The van der Waals surface area contributed by atoms with Crippen molar-refractivity contribution in [2.75, 3.05) is 31.5 Å². The van der Waals surface area contributed by atoms with Gasteiger partial charge in [-0.1, -0.05) is 18.2 Å². The van der Waals surface area contributed by atoms with Crippen molar-refractivity contribution in [3.63, 3.8) is 0 Å². The van der Waals surface area contributed by atoms with E-state index in [4.69, 9.17) is 0 Å². The normalized spacial score (nSPS) is 27.8. The van der Waals surface area contributed by atoms with Crippen LogP contribution in [0.3, 0.4) is 0 Å². The van der Waals surface area contributed by atoms with Gasteiger partial charge in [0.2, 0.25) is 11.8 Å². The van der Waals surface area contributed by atoms with Gasteiger partial charge in [-0.25, -0.2) is 0 Å². The van der Waals surface area contributed by atoms with E-state index in [-0.39, 0.29) is 23.2 Å². The molecule has 5 nitrogen and oxygen atoms in total. The van der Waals surface area contributed by atoms with E-state index < -0.39 is 0 Å². The Morgan fingerprint density at radius 2 is 1.92 bits per heavy atom. The Hall–Kier alpha value is -1.88. The molecule has 4 rings (SSSR count). The molecule has 1 aromatic rings. The Morgan fingerprint density at radius 3 is 2.68 bits per heavy atom. The van der Waals surface area contributed by atoms with Crippen molar-refractivity contribution in [2.45, 2.75) is 32.1 Å². The molecule has 134 valence electrons. The number of carbonyl (C=O) groups is 2. The molecular formula is C20H27N3O2. The minimum atomic E-state index is -0.0966. The largest absolute Gasteiger partial charge is 0.342 e. The summed E-state index contributed by atoms with van der Waals surface area (Å²) < 4.78 is 0. The number of anilines is 1. The van der Waals surface area contributed by atoms with Crippen molar-refractivity contribution >= 4 is 17.5 Å². The van der Waals surface area contributed by atoms with Gasteiger partial charge < -0.3 is 15.5 Å². The second-order valence-electron chi connectivity index (χ2n) is 7.85. The lowest BCUT2D eigenvalue weighted by atomic mass is 9.90. The smallest absolute Gasteiger partial charge is 0.229 e. The van der Waals surface area contributed by atoms with E-state index >= 15 is 0 Å². The van der Waals surface area contributed by atoms with E-state index in [9.17, 15) is 9.59 Å². The van der Waals surface area contributed by atoms with Crippen molar-refractivity contribution < 1.29 is 9.59 Å². The number of nitrogens with zero attached hydrogens (tertiary/aromatic N) is 1. The Kier molecular flexibility index (Phi) is 4.50. The van der Waals surface area contributed by atoms with E-state index in [1.165, 1.54) is 0 Å². The van der Waals surface area contributed by atoms with Gasteiger partial charge in [0.25, 0.3) is 0 Å². The second kappa shape index (κ2) is 6.79. The third-order valence-corrected chi connectivity index (χ3v) is 6.23. The van der Waals surface area contributed by atoms with Gasteiger partial charge in [-0.05, 0) is 62.7 Å². The van der Waals surface area contributed by atoms with Crippen LogP contribution in [0.1, 0.15) is 32.1 Å². The molecule has 2 N–H and O–H groups in total. The summed E-state index contributed by atoms with van der Waals surface area (Å²) in [5.41, 5.74) is 1.09. The Labute approximate surface area is 149 Å². The average molecular weight is 341 g/mol. The van der Waals surface area contributed by atoms with Crippen molar-refractivity contribution in [1.82, 2.24) is 10.2 Å². The summed E-state index contributed by atoms with van der Waals surface area (Å²) in [7, 11) is 0. The van der Waals surface area contributed by atoms with Gasteiger partial charge in [0.05, 0.1) is 5.92 Å². The maximum Gasteiger partial charge on any atom is 0.229 e. The van der Waals surface area contributed by atoms with Crippen LogP contribution in [-0.4, -0.2) is 42.9 Å². The number of hydrogen-bond acceptors (Lipinski definition) is 3. The molecule has 2 atom stereocenters. The molecule has 2 amide bonds. The summed E-state index contributed by atoms with van der Waals surface area (Å²) in [4.78, 5) is 27.5. The molecule has 2 unspecified atom stereocenters. The topological polar surface area (TPSA) is 61.4 Å². The summed E-state index contributed by atoms with van der Waals surface area (Å²) >= 11 is 0. The zero-order chi connectivity index (χ0) is 17.3. The van der Waals surface area contributed by atoms with Crippen LogP contribution >= 0.6 is 0 Å². The number of carbonyl (C=O) groups excluding carboxylic acids is 2. The molecular weight excluding hydrogens is 314 g/mol. The molecule has 3 aliphatic rings. The number of rotatable bonds is 3. The van der Waals surface area contributed by atoms with Gasteiger partial charge in [0.1, 0.15) is 0 Å². The highest BCUT2D eigenvalue weighted by Gasteiger charge is 2.58. The van der Waals surface area contributed by atoms with Crippen LogP contribution in [0.25, 0.3) is 0 Å². The maximum atomic E-state index is 12.9. The minimum Gasteiger partial charge on any atom is -0.342 e. The van der Waals surface area contributed by atoms with Crippen LogP contribution in [0, 0.1) is 17.3 Å². The average Bonchev–Trinajstić information content (AvgIpc) is 3.35. The summed E-state index contributed by atoms with van der Waals surface area (Å²) in [5, 5.41) is 6.37. The summed E-state index contributed by atoms with van der Waals surface area (Å²) in [6, 6.07) is 9.56. The lowest BCUT2D eigenvalue weighted by Crippen LogP contribution is -2.45. The lowest BCUT2D eigenvalue weighted by Gasteiger charge is -2.33. The van der Waals surface area contributed by atoms with Gasteiger partial charge in [-0.3, -0.25) is 9.59 Å². The standard InChI is InChI=1S/C20H27N3O2/c24-18(22-16-6-2-1-3-7-16)15-5-4-12-23(14-15)19(25)17-13-20(17)8-10-21-11-9-20/h1-3,6-7,15,17,21H,4-5,8-14H2,(H,22,24). The van der Waals surface area contributed by atoms with E-state index in [0.29, 0.717) is 12.5 Å².